The van der Waals surface area contributed by atoms with Crippen LogP contribution >= 0.6 is 0 Å². The summed E-state index contributed by atoms with van der Waals surface area (Å²) >= 11 is 0. The standard InChI is InChI=1S/C7F12O4/c8-1(20)3(9,10)23-4(11,12)2(21)22-5(13,6(14,15)16)7(17,18)19. The Morgan fingerprint density at radius 2 is 1.00 bits per heavy atom. The molecule has 0 saturated heterocycles. The van der Waals surface area contributed by atoms with E-state index in [4.69, 9.17) is 0 Å². The number of esters is 1. The molecular formula is C7F12O4. The van der Waals surface area contributed by atoms with Gasteiger partial charge in [0.2, 0.25) is 0 Å². The van der Waals surface area contributed by atoms with Crippen LogP contribution in [0.3, 0.4) is 0 Å². The molecular weight excluding hydrogens is 376 g/mol. The first-order chi connectivity index (χ1) is 9.78. The van der Waals surface area contributed by atoms with Crippen molar-refractivity contribution >= 4 is 12.0 Å². The Bertz CT molecular complexity index is 463. The summed E-state index contributed by atoms with van der Waals surface area (Å²) < 4.78 is 149. The van der Waals surface area contributed by atoms with Crippen LogP contribution in [0.2, 0.25) is 0 Å². The van der Waals surface area contributed by atoms with Crippen molar-refractivity contribution in [3.63, 3.8) is 0 Å². The van der Waals surface area contributed by atoms with Gasteiger partial charge >= 0.3 is 42.4 Å². The lowest BCUT2D eigenvalue weighted by Crippen LogP contribution is -2.58. The minimum Gasteiger partial charge on any atom is -0.406 e. The fourth-order valence-electron chi connectivity index (χ4n) is 0.706. The number of halogens is 12. The second-order valence-electron chi connectivity index (χ2n) is 3.39. The number of hydrogen-bond donors (Lipinski definition) is 0. The molecule has 0 saturated carbocycles. The number of alkyl halides is 11. The molecule has 0 amide bonds. The highest BCUT2D eigenvalue weighted by Crippen LogP contribution is 2.48. The first-order valence-electron chi connectivity index (χ1n) is 4.49. The molecule has 4 nitrogen and oxygen atoms in total. The topological polar surface area (TPSA) is 52.6 Å². The van der Waals surface area contributed by atoms with Crippen LogP contribution in [0, 0.1) is 0 Å². The maximum absolute atomic E-state index is 12.8. The minimum atomic E-state index is -7.14. The largest absolute Gasteiger partial charge is 0.470 e. The Labute approximate surface area is 115 Å². The molecule has 0 aliphatic carbocycles. The number of hydrogen-bond acceptors (Lipinski definition) is 4. The zero-order chi connectivity index (χ0) is 19.1. The van der Waals surface area contributed by atoms with Crippen molar-refractivity contribution in [3.8, 4) is 0 Å². The first kappa shape index (κ1) is 21.3. The van der Waals surface area contributed by atoms with Gasteiger partial charge in [-0.25, -0.2) is 9.53 Å². The highest BCUT2D eigenvalue weighted by Gasteiger charge is 2.78. The van der Waals surface area contributed by atoms with Crippen molar-refractivity contribution in [1.29, 1.82) is 0 Å². The molecule has 23 heavy (non-hydrogen) atoms. The van der Waals surface area contributed by atoms with Crippen LogP contribution in [0.5, 0.6) is 0 Å². The fraction of sp³-hybridized carbons (Fsp3) is 0.714. The van der Waals surface area contributed by atoms with Gasteiger partial charge in [0.05, 0.1) is 0 Å². The van der Waals surface area contributed by atoms with Crippen LogP contribution in [0.25, 0.3) is 0 Å². The summed E-state index contributed by atoms with van der Waals surface area (Å²) in [6, 6.07) is -3.98. The monoisotopic (exact) mass is 376 g/mol. The molecule has 0 spiro atoms. The van der Waals surface area contributed by atoms with E-state index in [1.165, 1.54) is 0 Å². The first-order valence-corrected chi connectivity index (χ1v) is 4.49. The number of rotatable bonds is 5. The minimum absolute atomic E-state index is 1.85. The fourth-order valence-corrected chi connectivity index (χ4v) is 0.706. The lowest BCUT2D eigenvalue weighted by Gasteiger charge is -2.30. The van der Waals surface area contributed by atoms with E-state index in [1.54, 1.807) is 0 Å². The van der Waals surface area contributed by atoms with E-state index in [0.29, 0.717) is 0 Å². The summed E-state index contributed by atoms with van der Waals surface area (Å²) in [7, 11) is 0. The molecule has 0 aliphatic heterocycles. The van der Waals surface area contributed by atoms with Crippen molar-refractivity contribution in [1.82, 2.24) is 0 Å². The van der Waals surface area contributed by atoms with Gasteiger partial charge in [-0.2, -0.15) is 52.7 Å². The van der Waals surface area contributed by atoms with E-state index >= 15 is 0 Å². The van der Waals surface area contributed by atoms with E-state index in [2.05, 4.69) is 0 Å². The Kier molecular flexibility index (Phi) is 5.28. The van der Waals surface area contributed by atoms with Gasteiger partial charge in [-0.05, 0) is 0 Å². The molecule has 16 heteroatoms. The van der Waals surface area contributed by atoms with Crippen molar-refractivity contribution in [2.75, 3.05) is 0 Å². The average Bonchev–Trinajstić information content (AvgIpc) is 2.23. The predicted molar refractivity (Wildman–Crippen MR) is 39.1 cm³/mol. The van der Waals surface area contributed by atoms with Crippen molar-refractivity contribution < 1.29 is 71.7 Å². The van der Waals surface area contributed by atoms with E-state index in [9.17, 15) is 62.3 Å². The van der Waals surface area contributed by atoms with E-state index < -0.39 is 42.4 Å². The Balaban J connectivity index is 5.57. The third-order valence-electron chi connectivity index (χ3n) is 1.69. The van der Waals surface area contributed by atoms with Crippen LogP contribution < -0.4 is 0 Å². The Hall–Kier alpha value is -1.74. The highest BCUT2D eigenvalue weighted by molar-refractivity contribution is 5.78. The van der Waals surface area contributed by atoms with Crippen LogP contribution in [0.15, 0.2) is 0 Å². The normalized spacial score (nSPS) is 14.6. The highest BCUT2D eigenvalue weighted by atomic mass is 19.4. The van der Waals surface area contributed by atoms with Crippen molar-refractivity contribution in [2.45, 2.75) is 30.4 Å². The van der Waals surface area contributed by atoms with Crippen LogP contribution in [0.1, 0.15) is 0 Å². The van der Waals surface area contributed by atoms with Crippen LogP contribution in [-0.4, -0.2) is 42.4 Å². The number of carbonyl (C=O) groups is 2. The van der Waals surface area contributed by atoms with Gasteiger partial charge in [-0.15, -0.1) is 0 Å². The molecule has 0 atom stereocenters. The predicted octanol–water partition coefficient (Wildman–Crippen LogP) is 3.02. The average molecular weight is 376 g/mol. The third kappa shape index (κ3) is 4.38. The van der Waals surface area contributed by atoms with Gasteiger partial charge in [-0.1, -0.05) is 0 Å². The summed E-state index contributed by atoms with van der Waals surface area (Å²) in [6.07, 6.45) is -26.9. The molecule has 0 aromatic rings. The lowest BCUT2D eigenvalue weighted by atomic mass is 10.3. The molecule has 0 aliphatic rings. The molecule has 0 heterocycles. The number of carbonyl (C=O) groups excluding carboxylic acids is 2. The molecule has 136 valence electrons. The second-order valence-corrected chi connectivity index (χ2v) is 3.39. The molecule has 0 fully saturated rings. The third-order valence-corrected chi connectivity index (χ3v) is 1.69. The second kappa shape index (κ2) is 5.72. The van der Waals surface area contributed by atoms with Gasteiger partial charge < -0.3 is 4.74 Å². The van der Waals surface area contributed by atoms with Crippen LogP contribution in [0.4, 0.5) is 52.7 Å². The zero-order valence-electron chi connectivity index (χ0n) is 9.67. The lowest BCUT2D eigenvalue weighted by molar-refractivity contribution is -0.428. The van der Waals surface area contributed by atoms with Gasteiger partial charge in [0.1, 0.15) is 0 Å². The van der Waals surface area contributed by atoms with Crippen molar-refractivity contribution in [2.24, 2.45) is 0 Å². The molecule has 0 aromatic carbocycles. The molecule has 0 bridgehead atoms. The molecule has 0 rings (SSSR count). The zero-order valence-corrected chi connectivity index (χ0v) is 9.67. The van der Waals surface area contributed by atoms with Gasteiger partial charge in [0.25, 0.3) is 0 Å². The van der Waals surface area contributed by atoms with E-state index in [0.717, 1.165) is 0 Å². The SMILES string of the molecule is O=C(F)C(F)(F)OC(F)(F)C(=O)OC(F)(C(F)(F)F)C(F)(F)F. The van der Waals surface area contributed by atoms with Crippen molar-refractivity contribution in [3.05, 3.63) is 0 Å². The summed E-state index contributed by atoms with van der Waals surface area (Å²) in [4.78, 5) is 19.9. The Morgan fingerprint density at radius 3 is 1.26 bits per heavy atom. The summed E-state index contributed by atoms with van der Waals surface area (Å²) in [5.74, 6) is -11.3. The summed E-state index contributed by atoms with van der Waals surface area (Å²) in [5, 5.41) is 0. The Morgan fingerprint density at radius 1 is 0.652 bits per heavy atom. The summed E-state index contributed by atoms with van der Waals surface area (Å²) in [5.41, 5.74) is 0. The van der Waals surface area contributed by atoms with E-state index in [1.807, 2.05) is 9.47 Å². The van der Waals surface area contributed by atoms with Crippen LogP contribution in [-0.2, 0) is 19.1 Å². The van der Waals surface area contributed by atoms with Gasteiger partial charge in [0, 0.05) is 0 Å². The molecule has 0 aromatic heterocycles. The molecule has 0 unspecified atom stereocenters. The van der Waals surface area contributed by atoms with Gasteiger partial charge in [-0.3, -0.25) is 4.79 Å². The molecule has 0 radical (unpaired) electrons. The maximum atomic E-state index is 12.8. The summed E-state index contributed by atoms with van der Waals surface area (Å²) in [6.45, 7) is 0. The van der Waals surface area contributed by atoms with E-state index in [-0.39, 0.29) is 0 Å². The smallest absolute Gasteiger partial charge is 0.406 e. The maximum Gasteiger partial charge on any atom is 0.470 e. The molecule has 0 N–H and O–H groups in total. The number of ether oxygens (including phenoxy) is 2. The quantitative estimate of drug-likeness (QED) is 0.421. The van der Waals surface area contributed by atoms with Gasteiger partial charge in [0.15, 0.2) is 0 Å².